The Hall–Kier alpha value is -2.90. The number of anilines is 1. The van der Waals surface area contributed by atoms with Gasteiger partial charge in [-0.25, -0.2) is 9.59 Å². The second-order valence-electron chi connectivity index (χ2n) is 4.30. The highest BCUT2D eigenvalue weighted by Crippen LogP contribution is 2.15. The average Bonchev–Trinajstić information content (AvgIpc) is 2.94. The fourth-order valence-corrected chi connectivity index (χ4v) is 1.69. The normalized spacial score (nSPS) is 10.1. The first-order valence-electron chi connectivity index (χ1n) is 6.20. The van der Waals surface area contributed by atoms with Crippen LogP contribution in [-0.2, 0) is 6.42 Å². The molecule has 0 atom stereocenters. The van der Waals surface area contributed by atoms with Gasteiger partial charge in [0.1, 0.15) is 0 Å². The lowest BCUT2D eigenvalue weighted by molar-refractivity contribution is 0.0696. The number of benzene rings is 1. The summed E-state index contributed by atoms with van der Waals surface area (Å²) in [6.07, 6.45) is 1.71. The van der Waals surface area contributed by atoms with Crippen molar-refractivity contribution < 1.29 is 19.2 Å². The number of nitrogens with one attached hydrogen (secondary N) is 2. The zero-order valence-electron chi connectivity index (χ0n) is 11.3. The smallest absolute Gasteiger partial charge is 0.336 e. The molecule has 110 valence electrons. The highest BCUT2D eigenvalue weighted by molar-refractivity contribution is 5.94. The Kier molecular flexibility index (Phi) is 4.50. The summed E-state index contributed by atoms with van der Waals surface area (Å²) in [6.45, 7) is 2.02. The van der Waals surface area contributed by atoms with Crippen LogP contribution < -0.4 is 10.6 Å². The van der Waals surface area contributed by atoms with E-state index in [9.17, 15) is 9.59 Å². The van der Waals surface area contributed by atoms with Gasteiger partial charge < -0.3 is 20.3 Å². The predicted octanol–water partition coefficient (Wildman–Crippen LogP) is 1.44. The number of carbonyl (C=O) groups is 2. The van der Waals surface area contributed by atoms with Gasteiger partial charge >= 0.3 is 12.0 Å². The summed E-state index contributed by atoms with van der Waals surface area (Å²) in [5.41, 5.74) is 1.19. The molecule has 8 heteroatoms. The van der Waals surface area contributed by atoms with Crippen molar-refractivity contribution in [3.63, 3.8) is 0 Å². The number of urea groups is 1. The zero-order valence-corrected chi connectivity index (χ0v) is 11.3. The molecule has 0 fully saturated rings. The SMILES string of the molecule is Cc1ccc(NC(=O)NCCc2ncno2)cc1C(=O)O. The summed E-state index contributed by atoms with van der Waals surface area (Å²) < 4.78 is 4.79. The van der Waals surface area contributed by atoms with Gasteiger partial charge in [-0.05, 0) is 24.6 Å². The standard InChI is InChI=1S/C13H14N4O4/c1-8-2-3-9(6-10(8)12(18)19)17-13(20)14-5-4-11-15-7-16-21-11/h2-3,6-7H,4-5H2,1H3,(H,18,19)(H2,14,17,20). The minimum absolute atomic E-state index is 0.152. The Labute approximate surface area is 120 Å². The van der Waals surface area contributed by atoms with Gasteiger partial charge in [0.2, 0.25) is 5.89 Å². The third-order valence-electron chi connectivity index (χ3n) is 2.76. The Morgan fingerprint density at radius 3 is 2.86 bits per heavy atom. The molecule has 0 saturated heterocycles. The molecule has 0 aliphatic carbocycles. The van der Waals surface area contributed by atoms with Gasteiger partial charge in [0.25, 0.3) is 0 Å². The molecule has 0 aliphatic heterocycles. The number of amides is 2. The lowest BCUT2D eigenvalue weighted by Gasteiger charge is -2.08. The maximum absolute atomic E-state index is 11.7. The summed E-state index contributed by atoms with van der Waals surface area (Å²) in [5.74, 6) is -0.605. The molecule has 2 rings (SSSR count). The summed E-state index contributed by atoms with van der Waals surface area (Å²) in [4.78, 5) is 26.5. The molecule has 2 amide bonds. The lowest BCUT2D eigenvalue weighted by atomic mass is 10.1. The van der Waals surface area contributed by atoms with Crippen molar-refractivity contribution in [2.45, 2.75) is 13.3 Å². The fourth-order valence-electron chi connectivity index (χ4n) is 1.69. The van der Waals surface area contributed by atoms with Gasteiger partial charge in [-0.1, -0.05) is 11.2 Å². The molecule has 1 aromatic heterocycles. The summed E-state index contributed by atoms with van der Waals surface area (Å²) in [6, 6.07) is 4.25. The number of carbonyl (C=O) groups excluding carboxylic acids is 1. The Balaban J connectivity index is 1.87. The Bertz CT molecular complexity index is 640. The van der Waals surface area contributed by atoms with Crippen LogP contribution in [-0.4, -0.2) is 33.8 Å². The van der Waals surface area contributed by atoms with E-state index in [2.05, 4.69) is 20.8 Å². The molecule has 8 nitrogen and oxygen atoms in total. The van der Waals surface area contributed by atoms with Crippen LogP contribution in [0.25, 0.3) is 0 Å². The van der Waals surface area contributed by atoms with E-state index in [0.717, 1.165) is 0 Å². The van der Waals surface area contributed by atoms with Gasteiger partial charge in [0, 0.05) is 18.7 Å². The van der Waals surface area contributed by atoms with E-state index in [1.165, 1.54) is 12.4 Å². The largest absolute Gasteiger partial charge is 0.478 e. The molecule has 2 aromatic rings. The van der Waals surface area contributed by atoms with Crippen molar-refractivity contribution in [2.24, 2.45) is 0 Å². The molecule has 0 unspecified atom stereocenters. The molecule has 0 radical (unpaired) electrons. The van der Waals surface area contributed by atoms with Gasteiger partial charge in [0.05, 0.1) is 5.56 Å². The van der Waals surface area contributed by atoms with Crippen LogP contribution in [0.1, 0.15) is 21.8 Å². The van der Waals surface area contributed by atoms with E-state index in [4.69, 9.17) is 9.63 Å². The van der Waals surface area contributed by atoms with Gasteiger partial charge in [-0.15, -0.1) is 0 Å². The maximum atomic E-state index is 11.7. The first-order chi connectivity index (χ1) is 10.1. The summed E-state index contributed by atoms with van der Waals surface area (Å²) >= 11 is 0. The van der Waals surface area contributed by atoms with E-state index >= 15 is 0 Å². The average molecular weight is 290 g/mol. The molecule has 3 N–H and O–H groups in total. The van der Waals surface area contributed by atoms with Crippen molar-refractivity contribution in [2.75, 3.05) is 11.9 Å². The van der Waals surface area contributed by atoms with Gasteiger partial charge in [-0.3, -0.25) is 0 Å². The van der Waals surface area contributed by atoms with Gasteiger partial charge in [0.15, 0.2) is 6.33 Å². The Morgan fingerprint density at radius 2 is 2.19 bits per heavy atom. The molecule has 0 bridgehead atoms. The predicted molar refractivity (Wildman–Crippen MR) is 73.2 cm³/mol. The maximum Gasteiger partial charge on any atom is 0.336 e. The molecule has 0 aliphatic rings. The monoisotopic (exact) mass is 290 g/mol. The number of hydrogen-bond donors (Lipinski definition) is 3. The molecule has 1 heterocycles. The number of aryl methyl sites for hydroxylation is 1. The van der Waals surface area contributed by atoms with Crippen LogP contribution in [0.5, 0.6) is 0 Å². The first kappa shape index (κ1) is 14.5. The second-order valence-corrected chi connectivity index (χ2v) is 4.30. The number of hydrogen-bond acceptors (Lipinski definition) is 5. The van der Waals surface area contributed by atoms with Crippen molar-refractivity contribution in [1.29, 1.82) is 0 Å². The van der Waals surface area contributed by atoms with Crippen molar-refractivity contribution in [3.8, 4) is 0 Å². The van der Waals surface area contributed by atoms with E-state index in [1.54, 1.807) is 19.1 Å². The lowest BCUT2D eigenvalue weighted by Crippen LogP contribution is -2.30. The highest BCUT2D eigenvalue weighted by Gasteiger charge is 2.09. The van der Waals surface area contributed by atoms with Crippen LogP contribution in [0.3, 0.4) is 0 Å². The molecular weight excluding hydrogens is 276 g/mol. The molecule has 0 saturated carbocycles. The third kappa shape index (κ3) is 4.03. The van der Waals surface area contributed by atoms with Crippen LogP contribution >= 0.6 is 0 Å². The summed E-state index contributed by atoms with van der Waals surface area (Å²) in [7, 11) is 0. The quantitative estimate of drug-likeness (QED) is 0.767. The van der Waals surface area contributed by atoms with E-state index in [-0.39, 0.29) is 5.56 Å². The van der Waals surface area contributed by atoms with Gasteiger partial charge in [-0.2, -0.15) is 4.98 Å². The number of carboxylic acids is 1. The van der Waals surface area contributed by atoms with Crippen molar-refractivity contribution in [1.82, 2.24) is 15.5 Å². The van der Waals surface area contributed by atoms with Crippen LogP contribution in [0, 0.1) is 6.92 Å². The molecule has 1 aromatic carbocycles. The minimum atomic E-state index is -1.03. The van der Waals surface area contributed by atoms with E-state index < -0.39 is 12.0 Å². The molecule has 0 spiro atoms. The highest BCUT2D eigenvalue weighted by atomic mass is 16.5. The minimum Gasteiger partial charge on any atom is -0.478 e. The fraction of sp³-hybridized carbons (Fsp3) is 0.231. The van der Waals surface area contributed by atoms with E-state index in [1.807, 2.05) is 0 Å². The number of nitrogens with zero attached hydrogens (tertiary/aromatic N) is 2. The number of rotatable bonds is 5. The topological polar surface area (TPSA) is 117 Å². The first-order valence-corrected chi connectivity index (χ1v) is 6.20. The number of aromatic carboxylic acids is 1. The van der Waals surface area contributed by atoms with E-state index in [0.29, 0.717) is 30.1 Å². The third-order valence-corrected chi connectivity index (χ3v) is 2.76. The van der Waals surface area contributed by atoms with Crippen LogP contribution in [0.2, 0.25) is 0 Å². The summed E-state index contributed by atoms with van der Waals surface area (Å²) in [5, 5.41) is 17.6. The number of aromatic nitrogens is 2. The second kappa shape index (κ2) is 6.51. The Morgan fingerprint density at radius 1 is 1.38 bits per heavy atom. The van der Waals surface area contributed by atoms with Crippen LogP contribution in [0.4, 0.5) is 10.5 Å². The zero-order chi connectivity index (χ0) is 15.2. The molecule has 21 heavy (non-hydrogen) atoms. The molecular formula is C13H14N4O4. The number of carboxylic acid groups (broad SMARTS) is 1. The van der Waals surface area contributed by atoms with Crippen LogP contribution in [0.15, 0.2) is 29.0 Å². The van der Waals surface area contributed by atoms with Crippen molar-refractivity contribution >= 4 is 17.7 Å². The van der Waals surface area contributed by atoms with Crippen molar-refractivity contribution in [3.05, 3.63) is 41.5 Å².